The Morgan fingerprint density at radius 3 is 2.76 bits per heavy atom. The van der Waals surface area contributed by atoms with Crippen molar-refractivity contribution < 1.29 is 13.5 Å². The highest BCUT2D eigenvalue weighted by molar-refractivity contribution is 7.89. The fourth-order valence-corrected chi connectivity index (χ4v) is 2.76. The first-order valence-corrected chi connectivity index (χ1v) is 7.18. The molecule has 0 saturated carbocycles. The molecule has 17 heavy (non-hydrogen) atoms. The Morgan fingerprint density at radius 1 is 1.47 bits per heavy atom. The molecule has 6 heteroatoms. The topological polar surface area (TPSA) is 66.4 Å². The number of sulfonamides is 1. The smallest absolute Gasteiger partial charge is 0.240 e. The van der Waals surface area contributed by atoms with E-state index in [4.69, 9.17) is 16.7 Å². The predicted octanol–water partition coefficient (Wildman–Crippen LogP) is 1.64. The fourth-order valence-electron chi connectivity index (χ4n) is 1.29. The van der Waals surface area contributed by atoms with Gasteiger partial charge in [0, 0.05) is 18.2 Å². The molecular weight excluding hydrogens is 262 g/mol. The van der Waals surface area contributed by atoms with E-state index >= 15 is 0 Å². The number of halogens is 1. The Labute approximate surface area is 107 Å². The normalized spacial score (nSPS) is 13.6. The lowest BCUT2D eigenvalue weighted by atomic mass is 10.1. The number of nitrogens with one attached hydrogen (secondary N) is 1. The number of hydrogen-bond donors (Lipinski definition) is 2. The molecule has 0 radical (unpaired) electrons. The van der Waals surface area contributed by atoms with Gasteiger partial charge in [-0.25, -0.2) is 13.1 Å². The Balaban J connectivity index is 2.69. The van der Waals surface area contributed by atoms with E-state index in [0.29, 0.717) is 18.0 Å². The van der Waals surface area contributed by atoms with E-state index in [9.17, 15) is 8.42 Å². The van der Waals surface area contributed by atoms with E-state index in [2.05, 4.69) is 4.72 Å². The first-order valence-electron chi connectivity index (χ1n) is 5.32. The van der Waals surface area contributed by atoms with Crippen molar-refractivity contribution in [3.63, 3.8) is 0 Å². The van der Waals surface area contributed by atoms with Crippen molar-refractivity contribution in [2.45, 2.75) is 18.2 Å². The second-order valence-electron chi connectivity index (χ2n) is 3.93. The second-order valence-corrected chi connectivity index (χ2v) is 6.13. The largest absolute Gasteiger partial charge is 0.396 e. The van der Waals surface area contributed by atoms with Gasteiger partial charge in [-0.1, -0.05) is 24.6 Å². The predicted molar refractivity (Wildman–Crippen MR) is 67.5 cm³/mol. The molecule has 96 valence electrons. The SMILES string of the molecule is CC(CCO)CNS(=O)(=O)c1cccc(Cl)c1. The molecule has 0 saturated heterocycles. The number of rotatable bonds is 6. The van der Waals surface area contributed by atoms with E-state index in [1.165, 1.54) is 12.1 Å². The van der Waals surface area contributed by atoms with Gasteiger partial charge in [-0.05, 0) is 30.5 Å². The zero-order valence-electron chi connectivity index (χ0n) is 9.56. The molecule has 0 heterocycles. The molecule has 0 aromatic heterocycles. The number of aliphatic hydroxyl groups excluding tert-OH is 1. The van der Waals surface area contributed by atoms with E-state index in [0.717, 1.165) is 0 Å². The highest BCUT2D eigenvalue weighted by Gasteiger charge is 2.15. The summed E-state index contributed by atoms with van der Waals surface area (Å²) >= 11 is 5.74. The quantitative estimate of drug-likeness (QED) is 0.831. The van der Waals surface area contributed by atoms with Crippen molar-refractivity contribution in [1.29, 1.82) is 0 Å². The Bertz CT molecular complexity index is 462. The van der Waals surface area contributed by atoms with Crippen molar-refractivity contribution in [2.75, 3.05) is 13.2 Å². The van der Waals surface area contributed by atoms with Crippen LogP contribution in [0.4, 0.5) is 0 Å². The lowest BCUT2D eigenvalue weighted by molar-refractivity contribution is 0.263. The van der Waals surface area contributed by atoms with Crippen molar-refractivity contribution in [2.24, 2.45) is 5.92 Å². The first-order chi connectivity index (χ1) is 7.95. The molecule has 0 bridgehead atoms. The van der Waals surface area contributed by atoms with E-state index in [1.54, 1.807) is 12.1 Å². The Kier molecular flexibility index (Phi) is 5.39. The summed E-state index contributed by atoms with van der Waals surface area (Å²) in [7, 11) is -3.51. The van der Waals surface area contributed by atoms with Gasteiger partial charge in [0.1, 0.15) is 0 Å². The van der Waals surface area contributed by atoms with Crippen molar-refractivity contribution in [3.05, 3.63) is 29.3 Å². The standard InChI is InChI=1S/C11H16ClNO3S/c1-9(5-6-14)8-13-17(15,16)11-4-2-3-10(12)7-11/h2-4,7,9,13-14H,5-6,8H2,1H3. The first kappa shape index (κ1) is 14.4. The minimum absolute atomic E-state index is 0.0556. The van der Waals surface area contributed by atoms with Gasteiger partial charge in [0.15, 0.2) is 0 Å². The lowest BCUT2D eigenvalue weighted by Gasteiger charge is -2.11. The third-order valence-corrected chi connectivity index (χ3v) is 4.01. The van der Waals surface area contributed by atoms with Gasteiger partial charge in [0.05, 0.1) is 4.90 Å². The van der Waals surface area contributed by atoms with Gasteiger partial charge in [0.25, 0.3) is 0 Å². The lowest BCUT2D eigenvalue weighted by Crippen LogP contribution is -2.28. The molecular formula is C11H16ClNO3S. The average molecular weight is 278 g/mol. The third-order valence-electron chi connectivity index (χ3n) is 2.35. The van der Waals surface area contributed by atoms with Crippen molar-refractivity contribution in [3.8, 4) is 0 Å². The maximum Gasteiger partial charge on any atom is 0.240 e. The highest BCUT2D eigenvalue weighted by atomic mass is 35.5. The van der Waals surface area contributed by atoms with Gasteiger partial charge >= 0.3 is 0 Å². The van der Waals surface area contributed by atoms with Gasteiger partial charge in [0.2, 0.25) is 10.0 Å². The Hall–Kier alpha value is -0.620. The maximum atomic E-state index is 11.9. The maximum absolute atomic E-state index is 11.9. The molecule has 0 fully saturated rings. The highest BCUT2D eigenvalue weighted by Crippen LogP contribution is 2.15. The molecule has 0 amide bonds. The van der Waals surface area contributed by atoms with Gasteiger partial charge in [-0.3, -0.25) is 0 Å². The van der Waals surface area contributed by atoms with Crippen LogP contribution in [0.15, 0.2) is 29.2 Å². The van der Waals surface area contributed by atoms with Crippen LogP contribution in [0.2, 0.25) is 5.02 Å². The van der Waals surface area contributed by atoms with Crippen LogP contribution in [0, 0.1) is 5.92 Å². The van der Waals surface area contributed by atoms with Crippen molar-refractivity contribution >= 4 is 21.6 Å². The van der Waals surface area contributed by atoms with E-state index < -0.39 is 10.0 Å². The molecule has 1 rings (SSSR count). The monoisotopic (exact) mass is 277 g/mol. The molecule has 1 atom stereocenters. The van der Waals surface area contributed by atoms with Gasteiger partial charge in [-0.15, -0.1) is 0 Å². The summed E-state index contributed by atoms with van der Waals surface area (Å²) < 4.78 is 26.2. The minimum Gasteiger partial charge on any atom is -0.396 e. The van der Waals surface area contributed by atoms with Crippen LogP contribution in [0.3, 0.4) is 0 Å². The second kappa shape index (κ2) is 6.35. The average Bonchev–Trinajstić information content (AvgIpc) is 2.27. The summed E-state index contributed by atoms with van der Waals surface area (Å²) in [6.45, 7) is 2.23. The van der Waals surface area contributed by atoms with Crippen LogP contribution in [-0.4, -0.2) is 26.7 Å². The fraction of sp³-hybridized carbons (Fsp3) is 0.455. The van der Waals surface area contributed by atoms with Crippen LogP contribution < -0.4 is 4.72 Å². The van der Waals surface area contributed by atoms with E-state index in [-0.39, 0.29) is 17.4 Å². The molecule has 1 aromatic carbocycles. The number of aliphatic hydroxyl groups is 1. The molecule has 1 unspecified atom stereocenters. The number of benzene rings is 1. The molecule has 2 N–H and O–H groups in total. The molecule has 0 spiro atoms. The van der Waals surface area contributed by atoms with Gasteiger partial charge in [-0.2, -0.15) is 0 Å². The van der Waals surface area contributed by atoms with Crippen LogP contribution in [-0.2, 0) is 10.0 Å². The zero-order chi connectivity index (χ0) is 12.9. The van der Waals surface area contributed by atoms with Crippen molar-refractivity contribution in [1.82, 2.24) is 4.72 Å². The van der Waals surface area contributed by atoms with Crippen LogP contribution in [0.5, 0.6) is 0 Å². The third kappa shape index (κ3) is 4.63. The zero-order valence-corrected chi connectivity index (χ0v) is 11.1. The molecule has 4 nitrogen and oxygen atoms in total. The number of hydrogen-bond acceptors (Lipinski definition) is 3. The minimum atomic E-state index is -3.51. The molecule has 0 aliphatic heterocycles. The van der Waals surface area contributed by atoms with E-state index in [1.807, 2.05) is 6.92 Å². The van der Waals surface area contributed by atoms with Gasteiger partial charge < -0.3 is 5.11 Å². The summed E-state index contributed by atoms with van der Waals surface area (Å²) in [4.78, 5) is 0.154. The Morgan fingerprint density at radius 2 is 2.18 bits per heavy atom. The summed E-state index contributed by atoms with van der Waals surface area (Å²) in [6.07, 6.45) is 0.568. The summed E-state index contributed by atoms with van der Waals surface area (Å²) in [5, 5.41) is 9.11. The molecule has 0 aliphatic rings. The summed E-state index contributed by atoms with van der Waals surface area (Å²) in [6, 6.07) is 6.11. The summed E-state index contributed by atoms with van der Waals surface area (Å²) in [5.41, 5.74) is 0. The molecule has 0 aliphatic carbocycles. The van der Waals surface area contributed by atoms with Crippen LogP contribution in [0.25, 0.3) is 0 Å². The van der Waals surface area contributed by atoms with Crippen LogP contribution >= 0.6 is 11.6 Å². The molecule has 1 aromatic rings. The summed E-state index contributed by atoms with van der Waals surface area (Å²) in [5.74, 6) is 0.0916. The van der Waals surface area contributed by atoms with Crippen LogP contribution in [0.1, 0.15) is 13.3 Å².